The maximum absolute atomic E-state index is 13.0. The average molecular weight is 429 g/mol. The number of benzene rings is 4. The van der Waals surface area contributed by atoms with Crippen molar-refractivity contribution in [2.75, 3.05) is 0 Å². The number of ether oxygens (including phenoxy) is 1. The third-order valence-corrected chi connectivity index (χ3v) is 7.04. The van der Waals surface area contributed by atoms with Gasteiger partial charge in [-0.05, 0) is 78.6 Å². The highest BCUT2D eigenvalue weighted by Gasteiger charge is 2.17. The van der Waals surface area contributed by atoms with Crippen molar-refractivity contribution in [2.45, 2.75) is 30.1 Å². The van der Waals surface area contributed by atoms with Gasteiger partial charge in [0.1, 0.15) is 11.5 Å². The highest BCUT2D eigenvalue weighted by atomic mass is 32.2. The Bertz CT molecular complexity index is 1250. The molecule has 4 aromatic rings. The van der Waals surface area contributed by atoms with Crippen LogP contribution in [0.5, 0.6) is 11.5 Å². The first kappa shape index (κ1) is 20.9. The third-order valence-electron chi connectivity index (χ3n) is 5.25. The predicted molar refractivity (Wildman–Crippen MR) is 124 cm³/mol. The molecular weight excluding hydrogens is 404 g/mol. The van der Waals surface area contributed by atoms with Gasteiger partial charge in [0.15, 0.2) is 0 Å². The normalized spacial score (nSPS) is 11.3. The van der Waals surface area contributed by atoms with Gasteiger partial charge < -0.3 is 4.74 Å². The zero-order valence-electron chi connectivity index (χ0n) is 17.6. The van der Waals surface area contributed by atoms with Crippen molar-refractivity contribution in [3.8, 4) is 22.6 Å². The molecule has 4 rings (SSSR count). The SMILES string of the molecule is CCc1ccc(Oc2ccc(S(=O)(=O)c3ccc(-c4ccc(C)cc4)cc3)cc2)cc1. The first-order valence-corrected chi connectivity index (χ1v) is 11.7. The summed E-state index contributed by atoms with van der Waals surface area (Å²) in [4.78, 5) is 0.511. The number of aryl methyl sites for hydroxylation is 2. The molecule has 0 saturated heterocycles. The van der Waals surface area contributed by atoms with E-state index >= 15 is 0 Å². The fourth-order valence-electron chi connectivity index (χ4n) is 3.32. The quantitative estimate of drug-likeness (QED) is 0.337. The molecule has 0 unspecified atom stereocenters. The Balaban J connectivity index is 1.52. The lowest BCUT2D eigenvalue weighted by Gasteiger charge is -2.09. The van der Waals surface area contributed by atoms with Gasteiger partial charge >= 0.3 is 0 Å². The van der Waals surface area contributed by atoms with E-state index in [1.165, 1.54) is 11.1 Å². The second kappa shape index (κ2) is 8.78. The van der Waals surface area contributed by atoms with Gasteiger partial charge in [-0.3, -0.25) is 0 Å². The summed E-state index contributed by atoms with van der Waals surface area (Å²) in [5, 5.41) is 0. The Labute approximate surface area is 183 Å². The average Bonchev–Trinajstić information content (AvgIpc) is 2.80. The van der Waals surface area contributed by atoms with Gasteiger partial charge in [-0.2, -0.15) is 0 Å². The van der Waals surface area contributed by atoms with Crippen molar-refractivity contribution in [3.05, 3.63) is 108 Å². The molecule has 0 aliphatic carbocycles. The number of rotatable bonds is 6. The smallest absolute Gasteiger partial charge is 0.206 e. The highest BCUT2D eigenvalue weighted by Crippen LogP contribution is 2.28. The minimum Gasteiger partial charge on any atom is -0.457 e. The van der Waals surface area contributed by atoms with Gasteiger partial charge in [0.25, 0.3) is 0 Å². The molecule has 0 amide bonds. The highest BCUT2D eigenvalue weighted by molar-refractivity contribution is 7.91. The molecule has 0 aliphatic rings. The van der Waals surface area contributed by atoms with Crippen LogP contribution in [0.3, 0.4) is 0 Å². The molecular formula is C27H24O3S. The van der Waals surface area contributed by atoms with E-state index < -0.39 is 9.84 Å². The van der Waals surface area contributed by atoms with Crippen molar-refractivity contribution in [1.82, 2.24) is 0 Å². The van der Waals surface area contributed by atoms with Crippen molar-refractivity contribution >= 4 is 9.84 Å². The van der Waals surface area contributed by atoms with Gasteiger partial charge in [0, 0.05) is 0 Å². The summed E-state index contributed by atoms with van der Waals surface area (Å²) < 4.78 is 31.9. The summed E-state index contributed by atoms with van der Waals surface area (Å²) in [5.74, 6) is 1.32. The van der Waals surface area contributed by atoms with E-state index in [9.17, 15) is 8.42 Å². The van der Waals surface area contributed by atoms with Crippen LogP contribution in [0, 0.1) is 6.92 Å². The van der Waals surface area contributed by atoms with Gasteiger partial charge in [-0.15, -0.1) is 0 Å². The summed E-state index contributed by atoms with van der Waals surface area (Å²) in [7, 11) is -3.60. The fraction of sp³-hybridized carbons (Fsp3) is 0.111. The monoisotopic (exact) mass is 428 g/mol. The van der Waals surface area contributed by atoms with E-state index in [0.29, 0.717) is 5.75 Å². The molecule has 0 spiro atoms. The fourth-order valence-corrected chi connectivity index (χ4v) is 4.59. The van der Waals surface area contributed by atoms with Crippen LogP contribution >= 0.6 is 0 Å². The van der Waals surface area contributed by atoms with Gasteiger partial charge in [-0.1, -0.05) is 61.0 Å². The van der Waals surface area contributed by atoms with Crippen LogP contribution in [-0.2, 0) is 16.3 Å². The predicted octanol–water partition coefficient (Wildman–Crippen LogP) is 6.85. The lowest BCUT2D eigenvalue weighted by Crippen LogP contribution is -2.01. The summed E-state index contributed by atoms with van der Waals surface area (Å²) >= 11 is 0. The van der Waals surface area contributed by atoms with E-state index in [-0.39, 0.29) is 9.79 Å². The maximum Gasteiger partial charge on any atom is 0.206 e. The van der Waals surface area contributed by atoms with Crippen LogP contribution in [-0.4, -0.2) is 8.42 Å². The minimum atomic E-state index is -3.60. The molecule has 0 fully saturated rings. The molecule has 4 aromatic carbocycles. The first-order chi connectivity index (χ1) is 15.0. The summed E-state index contributed by atoms with van der Waals surface area (Å²) in [6.07, 6.45) is 0.971. The van der Waals surface area contributed by atoms with E-state index in [1.807, 2.05) is 67.6 Å². The van der Waals surface area contributed by atoms with Crippen LogP contribution in [0.1, 0.15) is 18.1 Å². The number of sulfone groups is 1. The lowest BCUT2D eigenvalue weighted by atomic mass is 10.0. The summed E-state index contributed by atoms with van der Waals surface area (Å²) in [5.41, 5.74) is 4.47. The zero-order chi connectivity index (χ0) is 21.8. The maximum atomic E-state index is 13.0. The molecule has 0 heterocycles. The Morgan fingerprint density at radius 1 is 0.613 bits per heavy atom. The lowest BCUT2D eigenvalue weighted by molar-refractivity contribution is 0.482. The van der Waals surface area contributed by atoms with Crippen LogP contribution in [0.25, 0.3) is 11.1 Å². The van der Waals surface area contributed by atoms with Gasteiger partial charge in [0.05, 0.1) is 9.79 Å². The van der Waals surface area contributed by atoms with E-state index in [0.717, 1.165) is 23.3 Å². The van der Waals surface area contributed by atoms with E-state index in [2.05, 4.69) is 6.92 Å². The standard InChI is InChI=1S/C27H24O3S/c1-3-21-6-12-24(13-7-21)30-25-14-18-27(19-15-25)31(28,29)26-16-10-23(11-17-26)22-8-4-20(2)5-9-22/h4-19H,3H2,1-2H3. The molecule has 0 N–H and O–H groups in total. The van der Waals surface area contributed by atoms with Crippen LogP contribution in [0.4, 0.5) is 0 Å². The molecule has 0 aliphatic heterocycles. The van der Waals surface area contributed by atoms with Gasteiger partial charge in [0.2, 0.25) is 9.84 Å². The second-order valence-electron chi connectivity index (χ2n) is 7.46. The van der Waals surface area contributed by atoms with E-state index in [1.54, 1.807) is 36.4 Å². The molecule has 0 aromatic heterocycles. The first-order valence-electron chi connectivity index (χ1n) is 10.2. The molecule has 0 saturated carbocycles. The summed E-state index contributed by atoms with van der Waals surface area (Å²) in [6, 6.07) is 29.6. The molecule has 4 heteroatoms. The van der Waals surface area contributed by atoms with Crippen LogP contribution in [0.2, 0.25) is 0 Å². The topological polar surface area (TPSA) is 43.4 Å². The van der Waals surface area contributed by atoms with Crippen molar-refractivity contribution in [2.24, 2.45) is 0 Å². The molecule has 0 atom stereocenters. The zero-order valence-corrected chi connectivity index (χ0v) is 18.4. The van der Waals surface area contributed by atoms with Gasteiger partial charge in [-0.25, -0.2) is 8.42 Å². The molecule has 31 heavy (non-hydrogen) atoms. The molecule has 0 bridgehead atoms. The van der Waals surface area contributed by atoms with Crippen LogP contribution in [0.15, 0.2) is 107 Å². The summed E-state index contributed by atoms with van der Waals surface area (Å²) in [6.45, 7) is 4.14. The molecule has 0 radical (unpaired) electrons. The Kier molecular flexibility index (Phi) is 5.92. The Hall–Kier alpha value is -3.37. The Morgan fingerprint density at radius 3 is 1.52 bits per heavy atom. The largest absolute Gasteiger partial charge is 0.457 e. The molecule has 156 valence electrons. The number of hydrogen-bond acceptors (Lipinski definition) is 3. The minimum absolute atomic E-state index is 0.240. The van der Waals surface area contributed by atoms with Crippen molar-refractivity contribution in [1.29, 1.82) is 0 Å². The third kappa shape index (κ3) is 4.70. The molecule has 3 nitrogen and oxygen atoms in total. The van der Waals surface area contributed by atoms with Crippen molar-refractivity contribution < 1.29 is 13.2 Å². The van der Waals surface area contributed by atoms with E-state index in [4.69, 9.17) is 4.74 Å². The second-order valence-corrected chi connectivity index (χ2v) is 9.41. The Morgan fingerprint density at radius 2 is 1.03 bits per heavy atom. The van der Waals surface area contributed by atoms with Crippen LogP contribution < -0.4 is 4.74 Å². The van der Waals surface area contributed by atoms with Crippen molar-refractivity contribution in [3.63, 3.8) is 0 Å². The number of hydrogen-bond donors (Lipinski definition) is 0.